The topological polar surface area (TPSA) is 115 Å². The standard InChI is InChI=1S/C29H43N5O4/c1-30-29-32-14-13-23(34-16-15-31-20-34)18-22(33-29)5-4-6-24(35)19-25(36)11-9-21-10-12-27(37)28(17-21)38-26-7-2-3-8-26/h10,12,15-17,22-23,26,31,37H,2-9,11,13-14,18-20H2,1H3,(H2,30,32,33). The van der Waals surface area contributed by atoms with Crippen LogP contribution >= 0.6 is 0 Å². The summed E-state index contributed by atoms with van der Waals surface area (Å²) < 4.78 is 5.96. The predicted molar refractivity (Wildman–Crippen MR) is 148 cm³/mol. The molecule has 9 nitrogen and oxygen atoms in total. The maximum absolute atomic E-state index is 12.6. The molecule has 0 amide bonds. The number of phenols is 1. The number of aromatic hydroxyl groups is 1. The van der Waals surface area contributed by atoms with Crippen molar-refractivity contribution in [3.8, 4) is 11.5 Å². The van der Waals surface area contributed by atoms with Crippen molar-refractivity contribution in [2.45, 2.75) is 95.2 Å². The predicted octanol–water partition coefficient (Wildman–Crippen LogP) is 3.37. The Bertz CT molecular complexity index is 1000. The van der Waals surface area contributed by atoms with Gasteiger partial charge >= 0.3 is 0 Å². The Morgan fingerprint density at radius 1 is 1.16 bits per heavy atom. The minimum atomic E-state index is -0.0385. The van der Waals surface area contributed by atoms with E-state index in [1.54, 1.807) is 13.1 Å². The van der Waals surface area contributed by atoms with Gasteiger partial charge in [0.15, 0.2) is 17.5 Å². The van der Waals surface area contributed by atoms with Crippen molar-refractivity contribution >= 4 is 17.5 Å². The van der Waals surface area contributed by atoms with Crippen LogP contribution in [0.4, 0.5) is 0 Å². The number of aryl methyl sites for hydroxylation is 1. The van der Waals surface area contributed by atoms with Crippen LogP contribution in [0.3, 0.4) is 0 Å². The molecule has 1 saturated heterocycles. The summed E-state index contributed by atoms with van der Waals surface area (Å²) in [5, 5.41) is 20.3. The molecule has 2 fully saturated rings. The number of ketones is 2. The molecule has 4 N–H and O–H groups in total. The first-order valence-electron chi connectivity index (χ1n) is 14.1. The number of nitrogens with zero attached hydrogens (tertiary/aromatic N) is 2. The maximum atomic E-state index is 12.6. The molecule has 0 aromatic heterocycles. The highest BCUT2D eigenvalue weighted by atomic mass is 16.5. The molecule has 3 aliphatic rings. The van der Waals surface area contributed by atoms with E-state index in [0.29, 0.717) is 31.1 Å². The van der Waals surface area contributed by atoms with Gasteiger partial charge in [-0.05, 0) is 75.5 Å². The number of phenolic OH excluding ortho intramolecular Hbond substituents is 1. The molecule has 1 aromatic rings. The first-order valence-corrected chi connectivity index (χ1v) is 14.1. The van der Waals surface area contributed by atoms with E-state index in [1.165, 1.54) is 0 Å². The van der Waals surface area contributed by atoms with Gasteiger partial charge in [-0.2, -0.15) is 0 Å². The normalized spacial score (nSPS) is 22.9. The average molecular weight is 526 g/mol. The van der Waals surface area contributed by atoms with Gasteiger partial charge < -0.3 is 30.7 Å². The number of Topliss-reactive ketones (excluding diaryl/α,β-unsaturated/α-hetero) is 2. The third kappa shape index (κ3) is 8.39. The minimum absolute atomic E-state index is 0.00235. The zero-order chi connectivity index (χ0) is 26.7. The lowest BCUT2D eigenvalue weighted by molar-refractivity contribution is -0.127. The van der Waals surface area contributed by atoms with Crippen molar-refractivity contribution in [2.75, 3.05) is 20.3 Å². The summed E-state index contributed by atoms with van der Waals surface area (Å²) in [4.78, 5) is 31.7. The second kappa shape index (κ2) is 14.1. The monoisotopic (exact) mass is 525 g/mol. The lowest BCUT2D eigenvalue weighted by Crippen LogP contribution is -2.50. The fourth-order valence-corrected chi connectivity index (χ4v) is 5.57. The van der Waals surface area contributed by atoms with E-state index in [-0.39, 0.29) is 35.9 Å². The van der Waals surface area contributed by atoms with Gasteiger partial charge in [0.05, 0.1) is 19.2 Å². The fourth-order valence-electron chi connectivity index (χ4n) is 5.57. The summed E-state index contributed by atoms with van der Waals surface area (Å²) in [7, 11) is 1.77. The van der Waals surface area contributed by atoms with Crippen molar-refractivity contribution in [1.29, 1.82) is 0 Å². The molecule has 0 bridgehead atoms. The Morgan fingerprint density at radius 2 is 1.97 bits per heavy atom. The van der Waals surface area contributed by atoms with E-state index in [1.807, 2.05) is 18.3 Å². The molecule has 2 unspecified atom stereocenters. The van der Waals surface area contributed by atoms with Crippen LogP contribution < -0.4 is 20.7 Å². The van der Waals surface area contributed by atoms with Crippen molar-refractivity contribution in [3.05, 3.63) is 36.2 Å². The highest BCUT2D eigenvalue weighted by Crippen LogP contribution is 2.32. The van der Waals surface area contributed by atoms with E-state index in [9.17, 15) is 14.7 Å². The van der Waals surface area contributed by atoms with Crippen LogP contribution in [-0.4, -0.2) is 66.0 Å². The highest BCUT2D eigenvalue weighted by molar-refractivity contribution is 5.99. The van der Waals surface area contributed by atoms with Gasteiger partial charge in [0.1, 0.15) is 11.6 Å². The number of hydrogen-bond acceptors (Lipinski definition) is 7. The summed E-state index contributed by atoms with van der Waals surface area (Å²) >= 11 is 0. The molecule has 9 heteroatoms. The smallest absolute Gasteiger partial charge is 0.191 e. The van der Waals surface area contributed by atoms with Crippen LogP contribution in [0.25, 0.3) is 0 Å². The third-order valence-corrected chi connectivity index (χ3v) is 7.73. The number of benzene rings is 1. The van der Waals surface area contributed by atoms with Gasteiger partial charge in [-0.3, -0.25) is 14.6 Å². The van der Waals surface area contributed by atoms with Gasteiger partial charge in [0, 0.05) is 50.9 Å². The molecule has 1 aliphatic carbocycles. The Labute approximate surface area is 226 Å². The minimum Gasteiger partial charge on any atom is -0.504 e. The largest absolute Gasteiger partial charge is 0.504 e. The average Bonchev–Trinajstić information content (AvgIpc) is 3.60. The maximum Gasteiger partial charge on any atom is 0.191 e. The summed E-state index contributed by atoms with van der Waals surface area (Å²) in [5.74, 6) is 1.39. The lowest BCUT2D eigenvalue weighted by Gasteiger charge is -2.34. The molecule has 0 radical (unpaired) electrons. The first kappa shape index (κ1) is 27.8. The van der Waals surface area contributed by atoms with Gasteiger partial charge in [0.25, 0.3) is 0 Å². The molecule has 0 spiro atoms. The summed E-state index contributed by atoms with van der Waals surface area (Å²) in [5.41, 5.74) is 0.937. The van der Waals surface area contributed by atoms with Crippen LogP contribution in [0.2, 0.25) is 0 Å². The molecular formula is C29H43N5O4. The lowest BCUT2D eigenvalue weighted by atomic mass is 9.96. The van der Waals surface area contributed by atoms with Gasteiger partial charge in [-0.15, -0.1) is 0 Å². The molecule has 1 aromatic carbocycles. The van der Waals surface area contributed by atoms with E-state index < -0.39 is 0 Å². The number of nitrogens with one attached hydrogen (secondary N) is 3. The van der Waals surface area contributed by atoms with Crippen LogP contribution in [0, 0.1) is 0 Å². The number of ether oxygens (including phenoxy) is 1. The SMILES string of the molecule is CN=C1NCCC(N2C=CNC2)CC(CCCC(=O)CC(=O)CCc2ccc(O)c(OC3CCCC3)c2)N1. The Balaban J connectivity index is 1.19. The Morgan fingerprint density at radius 3 is 2.74 bits per heavy atom. The first-order chi connectivity index (χ1) is 18.5. The van der Waals surface area contributed by atoms with Crippen molar-refractivity contribution < 1.29 is 19.4 Å². The molecule has 2 aliphatic heterocycles. The van der Waals surface area contributed by atoms with Crippen molar-refractivity contribution in [1.82, 2.24) is 20.9 Å². The molecular weight excluding hydrogens is 482 g/mol. The van der Waals surface area contributed by atoms with Gasteiger partial charge in [-0.1, -0.05) is 6.07 Å². The van der Waals surface area contributed by atoms with E-state index >= 15 is 0 Å². The van der Waals surface area contributed by atoms with E-state index in [0.717, 1.165) is 76.1 Å². The number of guanidine groups is 1. The number of hydrogen-bond donors (Lipinski definition) is 4. The van der Waals surface area contributed by atoms with E-state index in [4.69, 9.17) is 4.74 Å². The number of aliphatic imine (C=N–C) groups is 1. The summed E-state index contributed by atoms with van der Waals surface area (Å²) in [6.45, 7) is 1.69. The number of carbonyl (C=O) groups excluding carboxylic acids is 2. The molecule has 208 valence electrons. The molecule has 4 rings (SSSR count). The molecule has 38 heavy (non-hydrogen) atoms. The van der Waals surface area contributed by atoms with Crippen LogP contribution in [0.15, 0.2) is 35.6 Å². The van der Waals surface area contributed by atoms with Gasteiger partial charge in [-0.25, -0.2) is 0 Å². The van der Waals surface area contributed by atoms with Crippen molar-refractivity contribution in [2.24, 2.45) is 4.99 Å². The number of rotatable bonds is 12. The second-order valence-electron chi connectivity index (χ2n) is 10.7. The van der Waals surface area contributed by atoms with Crippen LogP contribution in [0.1, 0.15) is 76.2 Å². The highest BCUT2D eigenvalue weighted by Gasteiger charge is 2.25. The van der Waals surface area contributed by atoms with E-state index in [2.05, 4.69) is 32.0 Å². The van der Waals surface area contributed by atoms with Crippen molar-refractivity contribution in [3.63, 3.8) is 0 Å². The number of carbonyl (C=O) groups is 2. The summed E-state index contributed by atoms with van der Waals surface area (Å²) in [6.07, 6.45) is 13.4. The molecule has 1 saturated carbocycles. The zero-order valence-corrected chi connectivity index (χ0v) is 22.6. The van der Waals surface area contributed by atoms with Crippen LogP contribution in [0.5, 0.6) is 11.5 Å². The van der Waals surface area contributed by atoms with Crippen LogP contribution in [-0.2, 0) is 16.0 Å². The zero-order valence-electron chi connectivity index (χ0n) is 22.6. The fraction of sp³-hybridized carbons (Fsp3) is 0.621. The Hall–Kier alpha value is -3.23. The molecule has 2 atom stereocenters. The second-order valence-corrected chi connectivity index (χ2v) is 10.7. The summed E-state index contributed by atoms with van der Waals surface area (Å²) in [6, 6.07) is 5.89. The quantitative estimate of drug-likeness (QED) is 0.307. The molecule has 2 heterocycles. The van der Waals surface area contributed by atoms with Gasteiger partial charge in [0.2, 0.25) is 0 Å². The Kier molecular flexibility index (Phi) is 10.3. The third-order valence-electron chi connectivity index (χ3n) is 7.73.